The minimum atomic E-state index is -3.99. The summed E-state index contributed by atoms with van der Waals surface area (Å²) in [5, 5.41) is 5.02. The van der Waals surface area contributed by atoms with Gasteiger partial charge in [-0.05, 0) is 86.4 Å². The largest absolute Gasteiger partial charge is 0.497 e. The van der Waals surface area contributed by atoms with Gasteiger partial charge in [0.15, 0.2) is 5.82 Å². The zero-order valence-electron chi connectivity index (χ0n) is 29.1. The lowest BCUT2D eigenvalue weighted by atomic mass is 9.81. The average molecular weight is 701 g/mol. The van der Waals surface area contributed by atoms with Crippen molar-refractivity contribution < 1.29 is 27.3 Å². The third-order valence-electron chi connectivity index (χ3n) is 11.6. The summed E-state index contributed by atoms with van der Waals surface area (Å²) in [7, 11) is 0.449. The van der Waals surface area contributed by atoms with E-state index in [-0.39, 0.29) is 23.3 Å². The van der Waals surface area contributed by atoms with Crippen molar-refractivity contribution in [3.05, 3.63) is 64.8 Å². The lowest BCUT2D eigenvalue weighted by molar-refractivity contribution is -0.139. The highest BCUT2D eigenvalue weighted by Crippen LogP contribution is 2.66. The second kappa shape index (κ2) is 12.2. The molecule has 2 saturated carbocycles. The Kier molecular flexibility index (Phi) is 8.05. The number of hydrogen-bond donors (Lipinski definition) is 1. The first kappa shape index (κ1) is 32.9. The molecule has 8 rings (SSSR count). The van der Waals surface area contributed by atoms with Crippen LogP contribution in [0.2, 0.25) is 0 Å². The van der Waals surface area contributed by atoms with Crippen LogP contribution in [0.1, 0.15) is 102 Å². The van der Waals surface area contributed by atoms with E-state index in [1.807, 2.05) is 30.0 Å². The average Bonchev–Trinajstić information content (AvgIpc) is 3.58. The number of carbonyl (C=O) groups is 2. The molecule has 4 aliphatic rings. The normalized spacial score (nSPS) is 22.5. The number of benzene rings is 2. The molecule has 0 spiro atoms. The molecule has 13 heteroatoms. The van der Waals surface area contributed by atoms with E-state index in [2.05, 4.69) is 31.6 Å². The number of hydrogen-bond acceptors (Lipinski definition) is 8. The molecule has 2 aromatic carbocycles. The molecule has 1 saturated heterocycles. The Morgan fingerprint density at radius 3 is 2.46 bits per heavy atom. The van der Waals surface area contributed by atoms with Crippen LogP contribution >= 0.6 is 0 Å². The first-order valence-electron chi connectivity index (χ1n) is 17.7. The van der Waals surface area contributed by atoms with Gasteiger partial charge in [-0.15, -0.1) is 0 Å². The van der Waals surface area contributed by atoms with Gasteiger partial charge in [-0.1, -0.05) is 30.5 Å². The maximum Gasteiger partial charge on any atom is 0.303 e. The van der Waals surface area contributed by atoms with Crippen molar-refractivity contribution in [2.45, 2.75) is 82.6 Å². The number of rotatable bonds is 7. The minimum absolute atomic E-state index is 0.0160. The Balaban J connectivity index is 1.24. The van der Waals surface area contributed by atoms with Gasteiger partial charge in [-0.25, -0.2) is 4.72 Å². The van der Waals surface area contributed by atoms with Crippen LogP contribution in [-0.2, 0) is 21.5 Å². The molecule has 50 heavy (non-hydrogen) atoms. The third kappa shape index (κ3) is 5.40. The van der Waals surface area contributed by atoms with Gasteiger partial charge in [-0.3, -0.25) is 9.59 Å². The number of nitrogens with zero attached hydrogens (tertiary/aromatic N) is 5. The molecule has 0 radical (unpaired) electrons. The molecule has 2 unspecified atom stereocenters. The molecular weight excluding hydrogens is 657 g/mol. The van der Waals surface area contributed by atoms with Crippen molar-refractivity contribution in [2.75, 3.05) is 34.3 Å². The van der Waals surface area contributed by atoms with Gasteiger partial charge in [0.25, 0.3) is 5.91 Å². The lowest BCUT2D eigenvalue weighted by Crippen LogP contribution is -2.44. The van der Waals surface area contributed by atoms with Gasteiger partial charge in [0.1, 0.15) is 5.75 Å². The van der Waals surface area contributed by atoms with Gasteiger partial charge in [0.05, 0.1) is 18.2 Å². The van der Waals surface area contributed by atoms with Gasteiger partial charge < -0.3 is 18.7 Å². The maximum absolute atomic E-state index is 14.8. The number of nitrogens with one attached hydrogen (secondary N) is 1. The second-order valence-corrected chi connectivity index (χ2v) is 16.6. The molecule has 2 aliphatic carbocycles. The molecule has 4 heterocycles. The smallest absolute Gasteiger partial charge is 0.303 e. The van der Waals surface area contributed by atoms with Gasteiger partial charge in [0.2, 0.25) is 11.8 Å². The van der Waals surface area contributed by atoms with Crippen LogP contribution in [0.3, 0.4) is 0 Å². The third-order valence-corrected chi connectivity index (χ3v) is 13.0. The summed E-state index contributed by atoms with van der Waals surface area (Å²) in [5.74, 6) is 1.96. The fourth-order valence-corrected chi connectivity index (χ4v) is 9.35. The number of ether oxygens (including phenoxy) is 1. The fourth-order valence-electron chi connectivity index (χ4n) is 8.81. The van der Waals surface area contributed by atoms with Crippen molar-refractivity contribution in [1.29, 1.82) is 0 Å². The summed E-state index contributed by atoms with van der Waals surface area (Å²) in [6.07, 6.45) is 7.90. The van der Waals surface area contributed by atoms with Crippen LogP contribution in [0.15, 0.2) is 40.9 Å². The highest BCUT2D eigenvalue weighted by Gasteiger charge is 2.64. The Bertz CT molecular complexity index is 2110. The molecule has 4 aromatic rings. The summed E-state index contributed by atoms with van der Waals surface area (Å²) in [5.41, 5.74) is 5.04. The van der Waals surface area contributed by atoms with Crippen LogP contribution in [0.5, 0.6) is 5.75 Å². The number of carbonyl (C=O) groups excluding carboxylic acids is 2. The Morgan fingerprint density at radius 2 is 1.78 bits per heavy atom. The second-order valence-electron chi connectivity index (χ2n) is 14.7. The Morgan fingerprint density at radius 1 is 1.02 bits per heavy atom. The van der Waals surface area contributed by atoms with Crippen molar-refractivity contribution in [3.8, 4) is 17.0 Å². The summed E-state index contributed by atoms with van der Waals surface area (Å²) in [6, 6.07) is 11.8. The summed E-state index contributed by atoms with van der Waals surface area (Å²) in [4.78, 5) is 34.7. The molecule has 0 bridgehead atoms. The fraction of sp³-hybridized carbons (Fsp3) is 0.514. The highest BCUT2D eigenvalue weighted by molar-refractivity contribution is 7.87. The monoisotopic (exact) mass is 700 g/mol. The number of piperidine rings is 1. The molecule has 1 N–H and O–H groups in total. The predicted molar refractivity (Wildman–Crippen MR) is 187 cm³/mol. The van der Waals surface area contributed by atoms with E-state index in [4.69, 9.17) is 9.26 Å². The van der Waals surface area contributed by atoms with Gasteiger partial charge in [0, 0.05) is 67.6 Å². The molecule has 2 aliphatic heterocycles. The van der Waals surface area contributed by atoms with Crippen molar-refractivity contribution in [1.82, 2.24) is 28.6 Å². The number of aromatic nitrogens is 3. The van der Waals surface area contributed by atoms with E-state index in [1.54, 1.807) is 13.2 Å². The molecular formula is C37H44N6O6S. The van der Waals surface area contributed by atoms with Crippen molar-refractivity contribution in [3.63, 3.8) is 0 Å². The Hall–Kier alpha value is -4.23. The number of fused-ring (bicyclic) bond motifs is 7. The topological polar surface area (TPSA) is 140 Å². The van der Waals surface area contributed by atoms with E-state index in [0.717, 1.165) is 76.3 Å². The van der Waals surface area contributed by atoms with E-state index in [9.17, 15) is 18.0 Å². The van der Waals surface area contributed by atoms with Crippen LogP contribution < -0.4 is 9.46 Å². The highest BCUT2D eigenvalue weighted by atomic mass is 32.2. The number of amides is 2. The first-order chi connectivity index (χ1) is 24.0. The van der Waals surface area contributed by atoms with Crippen LogP contribution in [0.4, 0.5) is 0 Å². The molecule has 264 valence electrons. The Labute approximate surface area is 292 Å². The van der Waals surface area contributed by atoms with Crippen molar-refractivity contribution >= 4 is 32.9 Å². The number of aryl methyl sites for hydroxylation is 1. The lowest BCUT2D eigenvalue weighted by Gasteiger charge is -2.34. The molecule has 2 amide bonds. The molecule has 2 atom stereocenters. The zero-order chi connectivity index (χ0) is 34.9. The summed E-state index contributed by atoms with van der Waals surface area (Å²) in [6.45, 7) is 3.51. The van der Waals surface area contributed by atoms with Crippen LogP contribution in [0, 0.1) is 12.3 Å². The van der Waals surface area contributed by atoms with E-state index in [1.165, 1.54) is 26.1 Å². The standard InChI is InChI=1S/C37H44N6O6S/c1-22-38-35(49-39-22)24-14-16-42(17-15-24)36(45)37-20-30(37)29-19-26(48-4)11-13-27(29)33-32(23-8-6-5-7-9-23)28-12-10-25(18-31(28)43(33)21-37)34(44)40-50(46,47)41(2)3/h10-13,18-19,23-24,30H,5-9,14-17,20-21H2,1-4H3,(H,40,44). The summed E-state index contributed by atoms with van der Waals surface area (Å²) >= 11 is 0. The molecule has 12 nitrogen and oxygen atoms in total. The van der Waals surface area contributed by atoms with Gasteiger partial charge >= 0.3 is 10.2 Å². The van der Waals surface area contributed by atoms with E-state index >= 15 is 0 Å². The van der Waals surface area contributed by atoms with Crippen molar-refractivity contribution in [2.24, 2.45) is 5.41 Å². The number of likely N-dealkylation sites (tertiary alicyclic amines) is 1. The number of methoxy groups -OCH3 is 1. The maximum atomic E-state index is 14.8. The SMILES string of the molecule is COc1ccc2c(c1)C1CC1(C(=O)N1CCC(c3nc(C)no3)CC1)Cn1c-2c(C2CCCCC2)c2ccc(C(=O)NS(=O)(=O)N(C)C)cc21. The van der Waals surface area contributed by atoms with Crippen LogP contribution in [0.25, 0.3) is 22.2 Å². The van der Waals surface area contributed by atoms with E-state index < -0.39 is 21.5 Å². The van der Waals surface area contributed by atoms with Crippen LogP contribution in [-0.4, -0.2) is 78.4 Å². The van der Waals surface area contributed by atoms with E-state index in [0.29, 0.717) is 43.7 Å². The zero-order valence-corrected chi connectivity index (χ0v) is 29.9. The first-order valence-corrected chi connectivity index (χ1v) is 19.1. The molecule has 2 aromatic heterocycles. The summed E-state index contributed by atoms with van der Waals surface area (Å²) < 4.78 is 41.8. The quantitative estimate of drug-likeness (QED) is 0.267. The predicted octanol–water partition coefficient (Wildman–Crippen LogP) is 5.49. The minimum Gasteiger partial charge on any atom is -0.497 e. The molecule has 3 fully saturated rings. The van der Waals surface area contributed by atoms with Gasteiger partial charge in [-0.2, -0.15) is 17.7 Å².